The van der Waals surface area contributed by atoms with E-state index < -0.39 is 0 Å². The quantitative estimate of drug-likeness (QED) is 0.518. The number of hydrogen-bond acceptors (Lipinski definition) is 1. The number of ketones is 1. The summed E-state index contributed by atoms with van der Waals surface area (Å²) in [6.07, 6.45) is 10.6. The second-order valence-corrected chi connectivity index (χ2v) is 4.84. The molecular formula is C12H16O. The van der Waals surface area contributed by atoms with Crippen molar-refractivity contribution in [2.75, 3.05) is 0 Å². The molecule has 2 fully saturated rings. The summed E-state index contributed by atoms with van der Waals surface area (Å²) >= 11 is 0. The first-order chi connectivity index (χ1) is 6.36. The molecule has 13 heavy (non-hydrogen) atoms. The number of fused-ring (bicyclic) bond motifs is 1. The van der Waals surface area contributed by atoms with E-state index >= 15 is 0 Å². The molecule has 4 aliphatic rings. The van der Waals surface area contributed by atoms with E-state index in [4.69, 9.17) is 0 Å². The van der Waals surface area contributed by atoms with Crippen LogP contribution in [-0.2, 0) is 4.79 Å². The number of hydrogen-bond donors (Lipinski definition) is 0. The molecule has 1 unspecified atom stereocenters. The molecule has 2 saturated carbocycles. The lowest BCUT2D eigenvalue weighted by atomic mass is 9.57. The highest BCUT2D eigenvalue weighted by molar-refractivity contribution is 5.83. The Bertz CT molecular complexity index is 266. The van der Waals surface area contributed by atoms with Crippen LogP contribution in [0.4, 0.5) is 0 Å². The zero-order valence-corrected chi connectivity index (χ0v) is 7.91. The average Bonchev–Trinajstić information content (AvgIpc) is 2.20. The largest absolute Gasteiger partial charge is 0.299 e. The normalized spacial score (nSPS) is 47.8. The van der Waals surface area contributed by atoms with E-state index in [0.29, 0.717) is 17.6 Å². The summed E-state index contributed by atoms with van der Waals surface area (Å²) < 4.78 is 0. The maximum absolute atomic E-state index is 11.8. The smallest absolute Gasteiger partial charge is 0.136 e. The minimum atomic E-state index is 0.428. The van der Waals surface area contributed by atoms with Crippen molar-refractivity contribution in [3.63, 3.8) is 0 Å². The predicted molar refractivity (Wildman–Crippen MR) is 51.2 cm³/mol. The van der Waals surface area contributed by atoms with Crippen molar-refractivity contribution in [1.82, 2.24) is 0 Å². The van der Waals surface area contributed by atoms with Gasteiger partial charge in [-0.25, -0.2) is 0 Å². The number of carbonyl (C=O) groups excluding carboxylic acids is 1. The van der Waals surface area contributed by atoms with Gasteiger partial charge in [0.1, 0.15) is 5.78 Å². The number of carbonyl (C=O) groups is 1. The highest BCUT2D eigenvalue weighted by atomic mass is 16.1. The lowest BCUT2D eigenvalue weighted by Crippen LogP contribution is -2.43. The van der Waals surface area contributed by atoms with E-state index in [1.54, 1.807) is 0 Å². The fourth-order valence-corrected chi connectivity index (χ4v) is 3.65. The van der Waals surface area contributed by atoms with Gasteiger partial charge in [0.2, 0.25) is 0 Å². The lowest BCUT2D eigenvalue weighted by molar-refractivity contribution is -0.131. The van der Waals surface area contributed by atoms with E-state index in [1.807, 2.05) is 0 Å². The second kappa shape index (κ2) is 2.70. The number of Topliss-reactive ketones (excluding diaryl/α,β-unsaturated/α-hetero) is 1. The molecule has 1 nitrogen and oxygen atoms in total. The molecule has 0 amide bonds. The van der Waals surface area contributed by atoms with Crippen LogP contribution < -0.4 is 0 Å². The van der Waals surface area contributed by atoms with Crippen LogP contribution in [-0.4, -0.2) is 5.78 Å². The zero-order chi connectivity index (χ0) is 8.84. The van der Waals surface area contributed by atoms with Gasteiger partial charge in [0.15, 0.2) is 0 Å². The third kappa shape index (κ3) is 1.02. The standard InChI is InChI=1S/C12H16O/c13-11-3-1-2-10-8-4-6-9(7-5-8)12(10)11/h4,6,8-10,12H,1-3,5,7H2/t8?,9-,10+,12-/m1/s1. The molecule has 0 aromatic heterocycles. The number of rotatable bonds is 0. The van der Waals surface area contributed by atoms with Gasteiger partial charge in [-0.15, -0.1) is 0 Å². The van der Waals surface area contributed by atoms with Gasteiger partial charge in [-0.05, 0) is 43.4 Å². The average molecular weight is 176 g/mol. The van der Waals surface area contributed by atoms with E-state index in [0.717, 1.165) is 24.7 Å². The third-order valence-corrected chi connectivity index (χ3v) is 4.24. The Morgan fingerprint density at radius 1 is 1.08 bits per heavy atom. The zero-order valence-electron chi connectivity index (χ0n) is 7.91. The van der Waals surface area contributed by atoms with Crippen molar-refractivity contribution in [2.45, 2.75) is 32.1 Å². The SMILES string of the molecule is O=C1CCC[C@H]2C3C=C[C@H](CC3)[C@@H]12. The van der Waals surface area contributed by atoms with E-state index in [1.165, 1.54) is 19.3 Å². The van der Waals surface area contributed by atoms with Gasteiger partial charge in [0.25, 0.3) is 0 Å². The Balaban J connectivity index is 1.96. The minimum Gasteiger partial charge on any atom is -0.299 e. The van der Waals surface area contributed by atoms with Gasteiger partial charge < -0.3 is 0 Å². The molecule has 0 aliphatic heterocycles. The van der Waals surface area contributed by atoms with E-state index in [-0.39, 0.29) is 0 Å². The summed E-state index contributed by atoms with van der Waals surface area (Å²) in [7, 11) is 0. The first-order valence-electron chi connectivity index (χ1n) is 5.57. The molecule has 0 heterocycles. The third-order valence-electron chi connectivity index (χ3n) is 4.24. The van der Waals surface area contributed by atoms with Gasteiger partial charge in [0, 0.05) is 12.3 Å². The van der Waals surface area contributed by atoms with Gasteiger partial charge in [-0.2, -0.15) is 0 Å². The molecule has 0 spiro atoms. The first-order valence-corrected chi connectivity index (χ1v) is 5.57. The van der Waals surface area contributed by atoms with Gasteiger partial charge in [-0.1, -0.05) is 12.2 Å². The van der Waals surface area contributed by atoms with Crippen molar-refractivity contribution in [1.29, 1.82) is 0 Å². The van der Waals surface area contributed by atoms with Crippen LogP contribution in [0.15, 0.2) is 12.2 Å². The van der Waals surface area contributed by atoms with Crippen LogP contribution >= 0.6 is 0 Å². The van der Waals surface area contributed by atoms with E-state index in [2.05, 4.69) is 12.2 Å². The van der Waals surface area contributed by atoms with Crippen LogP contribution in [0.1, 0.15) is 32.1 Å². The molecule has 1 heteroatoms. The van der Waals surface area contributed by atoms with Crippen LogP contribution in [0.3, 0.4) is 0 Å². The van der Waals surface area contributed by atoms with Gasteiger partial charge in [0.05, 0.1) is 0 Å². The van der Waals surface area contributed by atoms with Gasteiger partial charge in [-0.3, -0.25) is 4.79 Å². The molecule has 0 radical (unpaired) electrons. The monoisotopic (exact) mass is 176 g/mol. The molecule has 4 aliphatic carbocycles. The molecule has 0 aromatic rings. The molecule has 0 N–H and O–H groups in total. The van der Waals surface area contributed by atoms with Crippen LogP contribution in [0.2, 0.25) is 0 Å². The van der Waals surface area contributed by atoms with Gasteiger partial charge >= 0.3 is 0 Å². The Morgan fingerprint density at radius 2 is 1.85 bits per heavy atom. The first kappa shape index (κ1) is 7.78. The topological polar surface area (TPSA) is 17.1 Å². The Morgan fingerprint density at radius 3 is 2.54 bits per heavy atom. The van der Waals surface area contributed by atoms with Crippen LogP contribution in [0.25, 0.3) is 0 Å². The molecule has 70 valence electrons. The van der Waals surface area contributed by atoms with Crippen molar-refractivity contribution in [3.8, 4) is 0 Å². The van der Waals surface area contributed by atoms with Crippen molar-refractivity contribution in [2.24, 2.45) is 23.7 Å². The minimum absolute atomic E-state index is 0.428. The summed E-state index contributed by atoms with van der Waals surface area (Å²) in [6.45, 7) is 0. The van der Waals surface area contributed by atoms with Crippen molar-refractivity contribution < 1.29 is 4.79 Å². The molecule has 4 atom stereocenters. The Kier molecular flexibility index (Phi) is 1.61. The maximum Gasteiger partial charge on any atom is 0.136 e. The van der Waals surface area contributed by atoms with Crippen LogP contribution in [0, 0.1) is 23.7 Å². The lowest BCUT2D eigenvalue weighted by Gasteiger charge is -2.46. The Hall–Kier alpha value is -0.590. The summed E-state index contributed by atoms with van der Waals surface area (Å²) in [5, 5.41) is 0. The molecule has 2 bridgehead atoms. The van der Waals surface area contributed by atoms with Crippen molar-refractivity contribution in [3.05, 3.63) is 12.2 Å². The highest BCUT2D eigenvalue weighted by Gasteiger charge is 2.45. The molecule has 0 saturated heterocycles. The van der Waals surface area contributed by atoms with Crippen molar-refractivity contribution >= 4 is 5.78 Å². The summed E-state index contributed by atoms with van der Waals surface area (Å²) in [5.41, 5.74) is 0. The summed E-state index contributed by atoms with van der Waals surface area (Å²) in [4.78, 5) is 11.8. The molecule has 0 aromatic carbocycles. The molecule has 4 rings (SSSR count). The fourth-order valence-electron chi connectivity index (χ4n) is 3.65. The maximum atomic E-state index is 11.8. The highest BCUT2D eigenvalue weighted by Crippen LogP contribution is 2.49. The van der Waals surface area contributed by atoms with E-state index in [9.17, 15) is 4.79 Å². The summed E-state index contributed by atoms with van der Waals surface area (Å²) in [6, 6.07) is 0. The second-order valence-electron chi connectivity index (χ2n) is 4.84. The predicted octanol–water partition coefficient (Wildman–Crippen LogP) is 2.57. The fraction of sp³-hybridized carbons (Fsp3) is 0.750. The Labute approximate surface area is 79.2 Å². The van der Waals surface area contributed by atoms with Crippen LogP contribution in [0.5, 0.6) is 0 Å². The number of allylic oxidation sites excluding steroid dienone is 2. The summed E-state index contributed by atoms with van der Waals surface area (Å²) in [5.74, 6) is 3.08. The molecular weight excluding hydrogens is 160 g/mol.